The van der Waals surface area contributed by atoms with E-state index in [0.29, 0.717) is 12.1 Å². The first-order valence-electron chi connectivity index (χ1n) is 5.61. The first-order valence-corrected chi connectivity index (χ1v) is 5.61. The normalized spacial score (nSPS) is 25.7. The minimum Gasteiger partial charge on any atom is -0.320 e. The summed E-state index contributed by atoms with van der Waals surface area (Å²) >= 11 is 0. The lowest BCUT2D eigenvalue weighted by atomic mass is 10.0. The van der Waals surface area contributed by atoms with Gasteiger partial charge < -0.3 is 5.32 Å². The standard InChI is InChI=1S/C12H19N3/c1-13-8-7-11-9-12(15-14-11)10-5-3-2-4-6-10/h2-6,11-15H,7-9H2,1H3. The van der Waals surface area contributed by atoms with Gasteiger partial charge in [-0.3, -0.25) is 10.9 Å². The van der Waals surface area contributed by atoms with E-state index in [1.807, 2.05) is 7.05 Å². The minimum absolute atomic E-state index is 0.466. The Morgan fingerprint density at radius 3 is 2.80 bits per heavy atom. The van der Waals surface area contributed by atoms with Crippen LogP contribution in [0.3, 0.4) is 0 Å². The summed E-state index contributed by atoms with van der Waals surface area (Å²) in [4.78, 5) is 0. The van der Waals surface area contributed by atoms with Crippen molar-refractivity contribution >= 4 is 0 Å². The summed E-state index contributed by atoms with van der Waals surface area (Å²) in [5.41, 5.74) is 8.08. The zero-order valence-corrected chi connectivity index (χ0v) is 9.16. The number of hydrogen-bond donors (Lipinski definition) is 3. The smallest absolute Gasteiger partial charge is 0.0477 e. The zero-order valence-electron chi connectivity index (χ0n) is 9.16. The van der Waals surface area contributed by atoms with Gasteiger partial charge in [0.15, 0.2) is 0 Å². The van der Waals surface area contributed by atoms with Crippen molar-refractivity contribution in [2.75, 3.05) is 13.6 Å². The maximum absolute atomic E-state index is 3.35. The lowest BCUT2D eigenvalue weighted by molar-refractivity contribution is 0.507. The summed E-state index contributed by atoms with van der Waals surface area (Å²) < 4.78 is 0. The van der Waals surface area contributed by atoms with Gasteiger partial charge >= 0.3 is 0 Å². The van der Waals surface area contributed by atoms with Gasteiger partial charge in [-0.05, 0) is 32.0 Å². The highest BCUT2D eigenvalue weighted by Gasteiger charge is 2.23. The molecule has 3 nitrogen and oxygen atoms in total. The molecule has 1 aromatic carbocycles. The van der Waals surface area contributed by atoms with Crippen LogP contribution in [0, 0.1) is 0 Å². The van der Waals surface area contributed by atoms with Gasteiger partial charge in [-0.1, -0.05) is 30.3 Å². The molecule has 2 rings (SSSR count). The fourth-order valence-corrected chi connectivity index (χ4v) is 2.03. The highest BCUT2D eigenvalue weighted by molar-refractivity contribution is 5.19. The van der Waals surface area contributed by atoms with Crippen molar-refractivity contribution in [3.8, 4) is 0 Å². The Morgan fingerprint density at radius 1 is 1.27 bits per heavy atom. The highest BCUT2D eigenvalue weighted by atomic mass is 15.4. The molecule has 0 saturated carbocycles. The molecule has 3 heteroatoms. The first-order chi connectivity index (χ1) is 7.40. The van der Waals surface area contributed by atoms with Crippen LogP contribution < -0.4 is 16.2 Å². The van der Waals surface area contributed by atoms with E-state index in [-0.39, 0.29) is 0 Å². The Hall–Kier alpha value is -0.900. The summed E-state index contributed by atoms with van der Waals surface area (Å²) in [6, 6.07) is 11.7. The van der Waals surface area contributed by atoms with Gasteiger partial charge in [0.25, 0.3) is 0 Å². The predicted molar refractivity (Wildman–Crippen MR) is 62.4 cm³/mol. The molecule has 2 unspecified atom stereocenters. The van der Waals surface area contributed by atoms with Crippen LogP contribution in [0.1, 0.15) is 24.4 Å². The van der Waals surface area contributed by atoms with Crippen molar-refractivity contribution in [2.24, 2.45) is 0 Å². The molecule has 1 fully saturated rings. The van der Waals surface area contributed by atoms with Gasteiger partial charge in [0, 0.05) is 12.1 Å². The average molecular weight is 205 g/mol. The Morgan fingerprint density at radius 2 is 2.07 bits per heavy atom. The molecule has 3 N–H and O–H groups in total. The third-order valence-corrected chi connectivity index (χ3v) is 2.93. The molecular formula is C12H19N3. The van der Waals surface area contributed by atoms with E-state index in [9.17, 15) is 0 Å². The van der Waals surface area contributed by atoms with Crippen LogP contribution in [0.4, 0.5) is 0 Å². The Kier molecular flexibility index (Phi) is 3.72. The molecule has 0 spiro atoms. The van der Waals surface area contributed by atoms with E-state index >= 15 is 0 Å². The summed E-state index contributed by atoms with van der Waals surface area (Å²) in [5.74, 6) is 0. The van der Waals surface area contributed by atoms with Crippen LogP contribution in [-0.4, -0.2) is 19.6 Å². The lowest BCUT2D eigenvalue weighted by Gasteiger charge is -2.09. The minimum atomic E-state index is 0.466. The second kappa shape index (κ2) is 5.26. The topological polar surface area (TPSA) is 36.1 Å². The van der Waals surface area contributed by atoms with Crippen LogP contribution in [0.5, 0.6) is 0 Å². The Bertz CT molecular complexity index is 286. The molecular weight excluding hydrogens is 186 g/mol. The third kappa shape index (κ3) is 2.78. The van der Waals surface area contributed by atoms with Crippen LogP contribution >= 0.6 is 0 Å². The van der Waals surface area contributed by atoms with Gasteiger partial charge in [0.2, 0.25) is 0 Å². The summed E-state index contributed by atoms with van der Waals surface area (Å²) in [6.07, 6.45) is 2.35. The van der Waals surface area contributed by atoms with E-state index < -0.39 is 0 Å². The summed E-state index contributed by atoms with van der Waals surface area (Å²) in [6.45, 7) is 1.07. The maximum atomic E-state index is 3.35. The maximum Gasteiger partial charge on any atom is 0.0477 e. The number of benzene rings is 1. The molecule has 1 aliphatic rings. The van der Waals surface area contributed by atoms with E-state index in [4.69, 9.17) is 0 Å². The van der Waals surface area contributed by atoms with Crippen molar-refractivity contribution in [1.82, 2.24) is 16.2 Å². The number of hydrogen-bond acceptors (Lipinski definition) is 3. The molecule has 1 saturated heterocycles. The number of nitrogens with one attached hydrogen (secondary N) is 3. The highest BCUT2D eigenvalue weighted by Crippen LogP contribution is 2.22. The van der Waals surface area contributed by atoms with E-state index in [0.717, 1.165) is 6.54 Å². The molecule has 0 radical (unpaired) electrons. The Labute approximate surface area is 91.2 Å². The Balaban J connectivity index is 1.87. The SMILES string of the molecule is CNCCC1CC(c2ccccc2)NN1. The van der Waals surface area contributed by atoms with Crippen molar-refractivity contribution < 1.29 is 0 Å². The zero-order chi connectivity index (χ0) is 10.5. The predicted octanol–water partition coefficient (Wildman–Crippen LogP) is 1.20. The molecule has 0 amide bonds. The molecule has 2 atom stereocenters. The third-order valence-electron chi connectivity index (χ3n) is 2.93. The second-order valence-corrected chi connectivity index (χ2v) is 4.08. The van der Waals surface area contributed by atoms with Gasteiger partial charge in [0.05, 0.1) is 0 Å². The first kappa shape index (κ1) is 10.6. The summed E-state index contributed by atoms with van der Waals surface area (Å²) in [5, 5.41) is 3.18. The van der Waals surface area contributed by atoms with Crippen molar-refractivity contribution in [1.29, 1.82) is 0 Å². The fourth-order valence-electron chi connectivity index (χ4n) is 2.03. The van der Waals surface area contributed by atoms with Crippen LogP contribution in [-0.2, 0) is 0 Å². The quantitative estimate of drug-likeness (QED) is 0.691. The summed E-state index contributed by atoms with van der Waals surface area (Å²) in [7, 11) is 2.00. The van der Waals surface area contributed by atoms with Crippen molar-refractivity contribution in [2.45, 2.75) is 24.9 Å². The second-order valence-electron chi connectivity index (χ2n) is 4.08. The van der Waals surface area contributed by atoms with Crippen LogP contribution in [0.25, 0.3) is 0 Å². The van der Waals surface area contributed by atoms with Crippen molar-refractivity contribution in [3.63, 3.8) is 0 Å². The molecule has 0 aliphatic carbocycles. The molecule has 1 aliphatic heterocycles. The van der Waals surface area contributed by atoms with E-state index in [1.165, 1.54) is 18.4 Å². The fraction of sp³-hybridized carbons (Fsp3) is 0.500. The van der Waals surface area contributed by atoms with Gasteiger partial charge in [-0.25, -0.2) is 0 Å². The van der Waals surface area contributed by atoms with Crippen LogP contribution in [0.2, 0.25) is 0 Å². The molecule has 0 aromatic heterocycles. The molecule has 1 aromatic rings. The largest absolute Gasteiger partial charge is 0.320 e. The number of hydrazine groups is 1. The van der Waals surface area contributed by atoms with Gasteiger partial charge in [-0.15, -0.1) is 0 Å². The van der Waals surface area contributed by atoms with E-state index in [1.54, 1.807) is 0 Å². The molecule has 0 bridgehead atoms. The van der Waals surface area contributed by atoms with Gasteiger partial charge in [-0.2, -0.15) is 0 Å². The lowest BCUT2D eigenvalue weighted by Crippen LogP contribution is -2.32. The number of rotatable bonds is 4. The monoisotopic (exact) mass is 205 g/mol. The molecule has 15 heavy (non-hydrogen) atoms. The van der Waals surface area contributed by atoms with E-state index in [2.05, 4.69) is 46.5 Å². The average Bonchev–Trinajstić information content (AvgIpc) is 2.76. The van der Waals surface area contributed by atoms with Crippen molar-refractivity contribution in [3.05, 3.63) is 35.9 Å². The van der Waals surface area contributed by atoms with Gasteiger partial charge in [0.1, 0.15) is 0 Å². The van der Waals surface area contributed by atoms with Crippen LogP contribution in [0.15, 0.2) is 30.3 Å². The molecule has 1 heterocycles. The molecule has 82 valence electrons.